The van der Waals surface area contributed by atoms with E-state index >= 15 is 0 Å². The van der Waals surface area contributed by atoms with Crippen LogP contribution < -0.4 is 10.9 Å². The number of hydrogen-bond donors (Lipinski definition) is 1. The van der Waals surface area contributed by atoms with Crippen LogP contribution in [0.15, 0.2) is 51.1 Å². The number of thiophene rings is 1. The summed E-state index contributed by atoms with van der Waals surface area (Å²) in [4.78, 5) is 37.5. The van der Waals surface area contributed by atoms with E-state index in [9.17, 15) is 14.4 Å². The monoisotopic (exact) mass is 461 g/mol. The normalized spacial score (nSPS) is 11.1. The molecule has 1 N–H and O–H groups in total. The van der Waals surface area contributed by atoms with Crippen LogP contribution in [0, 0.1) is 0 Å². The van der Waals surface area contributed by atoms with Gasteiger partial charge >= 0.3 is 5.97 Å². The van der Waals surface area contributed by atoms with Gasteiger partial charge in [-0.15, -0.1) is 11.3 Å². The fourth-order valence-corrected chi connectivity index (χ4v) is 3.76. The number of benzene rings is 1. The Balaban J connectivity index is 2.27. The van der Waals surface area contributed by atoms with Crippen molar-refractivity contribution in [2.24, 2.45) is 0 Å². The van der Waals surface area contributed by atoms with E-state index in [0.29, 0.717) is 16.1 Å². The number of nitrogens with zero attached hydrogens (tertiary/aromatic N) is 2. The molecular formula is C19H16BrN3O4S. The van der Waals surface area contributed by atoms with Crippen molar-refractivity contribution in [1.82, 2.24) is 9.78 Å². The molecule has 0 aliphatic heterocycles. The van der Waals surface area contributed by atoms with E-state index in [-0.39, 0.29) is 23.6 Å². The Morgan fingerprint density at radius 3 is 2.68 bits per heavy atom. The van der Waals surface area contributed by atoms with Gasteiger partial charge < -0.3 is 10.1 Å². The van der Waals surface area contributed by atoms with Crippen LogP contribution in [0.25, 0.3) is 16.5 Å². The minimum atomic E-state index is -0.637. The molecule has 0 saturated carbocycles. The number of hydrogen-bond acceptors (Lipinski definition) is 6. The Bertz CT molecular complexity index is 1130. The molecule has 0 spiro atoms. The van der Waals surface area contributed by atoms with E-state index in [0.717, 1.165) is 20.5 Å². The molecule has 0 unspecified atom stereocenters. The summed E-state index contributed by atoms with van der Waals surface area (Å²) in [5.74, 6) is -1.00. The fourth-order valence-electron chi connectivity index (χ4n) is 2.55. The summed E-state index contributed by atoms with van der Waals surface area (Å²) < 4.78 is 7.07. The molecule has 2 heterocycles. The first-order valence-corrected chi connectivity index (χ1v) is 10.0. The summed E-state index contributed by atoms with van der Waals surface area (Å²) in [5.41, 5.74) is 0.0575. The first kappa shape index (κ1) is 20.0. The van der Waals surface area contributed by atoms with Crippen LogP contribution in [0.3, 0.4) is 0 Å². The van der Waals surface area contributed by atoms with Crippen molar-refractivity contribution < 1.29 is 14.3 Å². The summed E-state index contributed by atoms with van der Waals surface area (Å²) >= 11 is 4.50. The molecule has 0 bridgehead atoms. The third kappa shape index (κ3) is 3.90. The molecule has 0 atom stereocenters. The predicted octanol–water partition coefficient (Wildman–Crippen LogP) is 3.90. The van der Waals surface area contributed by atoms with Crippen LogP contribution in [0.4, 0.5) is 5.00 Å². The van der Waals surface area contributed by atoms with E-state index in [4.69, 9.17) is 4.74 Å². The second-order valence-corrected chi connectivity index (χ2v) is 7.40. The molecule has 0 aliphatic carbocycles. The number of halogens is 1. The third-order valence-corrected chi connectivity index (χ3v) is 5.17. The van der Waals surface area contributed by atoms with Gasteiger partial charge in [-0.3, -0.25) is 9.59 Å². The summed E-state index contributed by atoms with van der Waals surface area (Å²) in [6.07, 6.45) is 2.95. The van der Waals surface area contributed by atoms with Gasteiger partial charge in [-0.1, -0.05) is 22.0 Å². The number of anilines is 1. The molecule has 3 rings (SSSR count). The average Bonchev–Trinajstić information content (AvgIpc) is 3.07. The molecule has 0 saturated heterocycles. The zero-order valence-corrected chi connectivity index (χ0v) is 17.5. The summed E-state index contributed by atoms with van der Waals surface area (Å²) in [6.45, 7) is 3.58. The number of esters is 1. The molecule has 9 heteroatoms. The molecule has 3 aromatic rings. The fraction of sp³-hybridized carbons (Fsp3) is 0.158. The maximum Gasteiger partial charge on any atom is 0.359 e. The number of aromatic nitrogens is 2. The Morgan fingerprint density at radius 2 is 2.04 bits per heavy atom. The highest BCUT2D eigenvalue weighted by Crippen LogP contribution is 2.30. The Hall–Kier alpha value is -2.78. The highest BCUT2D eigenvalue weighted by Gasteiger charge is 2.22. The van der Waals surface area contributed by atoms with Gasteiger partial charge in [0.25, 0.3) is 5.56 Å². The van der Waals surface area contributed by atoms with E-state index < -0.39 is 11.5 Å². The molecule has 0 fully saturated rings. The average molecular weight is 462 g/mol. The van der Waals surface area contributed by atoms with Crippen molar-refractivity contribution >= 4 is 54.9 Å². The second-order valence-electron chi connectivity index (χ2n) is 5.61. The molecule has 0 aliphatic rings. The summed E-state index contributed by atoms with van der Waals surface area (Å²) in [7, 11) is 0. The van der Waals surface area contributed by atoms with Crippen molar-refractivity contribution in [3.63, 3.8) is 0 Å². The maximum atomic E-state index is 13.1. The molecule has 1 amide bonds. The lowest BCUT2D eigenvalue weighted by molar-refractivity contribution is -0.111. The Labute approximate surface area is 172 Å². The number of nitrogens with one attached hydrogen (secondary N) is 1. The topological polar surface area (TPSA) is 90.3 Å². The smallest absolute Gasteiger partial charge is 0.359 e. The van der Waals surface area contributed by atoms with E-state index in [1.807, 2.05) is 0 Å². The van der Waals surface area contributed by atoms with Gasteiger partial charge in [0.2, 0.25) is 5.91 Å². The standard InChI is InChI=1S/C19H16BrN3O4S/c1-3-5-14(24)21-17-15-13(10-28-17)16(19(26)27-4-2)22-23(18(15)25)12-8-6-11(20)7-9-12/h3,5-10H,4H2,1-2H3,(H,21,24)/b5-3+. The SMILES string of the molecule is C/C=C/C(=O)Nc1scc2c(C(=O)OCC)nn(-c3ccc(Br)cc3)c(=O)c12. The van der Waals surface area contributed by atoms with Gasteiger partial charge in [-0.2, -0.15) is 9.78 Å². The lowest BCUT2D eigenvalue weighted by Gasteiger charge is -2.09. The van der Waals surface area contributed by atoms with E-state index in [1.165, 1.54) is 6.08 Å². The highest BCUT2D eigenvalue weighted by atomic mass is 79.9. The Morgan fingerprint density at radius 1 is 1.32 bits per heavy atom. The van der Waals surface area contributed by atoms with Gasteiger partial charge in [0, 0.05) is 15.2 Å². The number of rotatable bonds is 5. The maximum absolute atomic E-state index is 13.1. The number of allylic oxidation sites excluding steroid dienone is 1. The second kappa shape index (κ2) is 8.49. The minimum absolute atomic E-state index is 0.0159. The largest absolute Gasteiger partial charge is 0.461 e. The third-order valence-electron chi connectivity index (χ3n) is 3.75. The molecule has 0 radical (unpaired) electrons. The minimum Gasteiger partial charge on any atom is -0.461 e. The number of carbonyl (C=O) groups excluding carboxylic acids is 2. The number of amides is 1. The van der Waals surface area contributed by atoms with Gasteiger partial charge in [-0.05, 0) is 44.2 Å². The van der Waals surface area contributed by atoms with Crippen LogP contribution in [0.2, 0.25) is 0 Å². The van der Waals surface area contributed by atoms with Crippen LogP contribution >= 0.6 is 27.3 Å². The van der Waals surface area contributed by atoms with Crippen molar-refractivity contribution in [1.29, 1.82) is 0 Å². The van der Waals surface area contributed by atoms with Crippen LogP contribution in [0.5, 0.6) is 0 Å². The van der Waals surface area contributed by atoms with E-state index in [1.54, 1.807) is 49.6 Å². The summed E-state index contributed by atoms with van der Waals surface area (Å²) in [5, 5.41) is 9.45. The van der Waals surface area contributed by atoms with Gasteiger partial charge in [-0.25, -0.2) is 4.79 Å². The number of ether oxygens (including phenoxy) is 1. The van der Waals surface area contributed by atoms with Crippen LogP contribution in [0.1, 0.15) is 24.3 Å². The van der Waals surface area contributed by atoms with Gasteiger partial charge in [0.05, 0.1) is 17.7 Å². The van der Waals surface area contributed by atoms with Gasteiger partial charge in [0.1, 0.15) is 5.00 Å². The predicted molar refractivity (Wildman–Crippen MR) is 112 cm³/mol. The number of carbonyl (C=O) groups is 2. The first-order chi connectivity index (χ1) is 13.5. The van der Waals surface area contributed by atoms with Gasteiger partial charge in [0.15, 0.2) is 5.69 Å². The van der Waals surface area contributed by atoms with Crippen LogP contribution in [-0.2, 0) is 9.53 Å². The molecule has 144 valence electrons. The first-order valence-electron chi connectivity index (χ1n) is 8.37. The lowest BCUT2D eigenvalue weighted by Crippen LogP contribution is -2.25. The van der Waals surface area contributed by atoms with Crippen molar-refractivity contribution in [2.45, 2.75) is 13.8 Å². The summed E-state index contributed by atoms with van der Waals surface area (Å²) in [6, 6.07) is 6.92. The molecule has 28 heavy (non-hydrogen) atoms. The molecule has 1 aromatic carbocycles. The molecule has 7 nitrogen and oxygen atoms in total. The highest BCUT2D eigenvalue weighted by molar-refractivity contribution is 9.10. The zero-order chi connectivity index (χ0) is 20.3. The van der Waals surface area contributed by atoms with Crippen molar-refractivity contribution in [3.8, 4) is 5.69 Å². The molecule has 2 aromatic heterocycles. The Kier molecular flexibility index (Phi) is 6.05. The van der Waals surface area contributed by atoms with Crippen molar-refractivity contribution in [3.05, 3.63) is 62.3 Å². The quantitative estimate of drug-likeness (QED) is 0.459. The lowest BCUT2D eigenvalue weighted by atomic mass is 10.2. The van der Waals surface area contributed by atoms with Crippen LogP contribution in [-0.4, -0.2) is 28.3 Å². The molecular weight excluding hydrogens is 446 g/mol. The number of fused-ring (bicyclic) bond motifs is 1. The van der Waals surface area contributed by atoms with Crippen molar-refractivity contribution in [2.75, 3.05) is 11.9 Å². The zero-order valence-electron chi connectivity index (χ0n) is 15.1. The van der Waals surface area contributed by atoms with E-state index in [2.05, 4.69) is 26.3 Å².